The van der Waals surface area contributed by atoms with Crippen LogP contribution in [-0.4, -0.2) is 44.7 Å². The van der Waals surface area contributed by atoms with Crippen LogP contribution in [0, 0.1) is 5.92 Å². The molecule has 1 aliphatic carbocycles. The first-order valence-electron chi connectivity index (χ1n) is 3.81. The predicted octanol–water partition coefficient (Wildman–Crippen LogP) is -1.44. The van der Waals surface area contributed by atoms with E-state index in [1.54, 1.807) is 0 Å². The number of hydrogen-bond acceptors (Lipinski definition) is 4. The molecular formula is C7H12O5. The molecule has 4 atom stereocenters. The quantitative estimate of drug-likeness (QED) is 0.392. The summed E-state index contributed by atoms with van der Waals surface area (Å²) < 4.78 is 0. The summed E-state index contributed by atoms with van der Waals surface area (Å²) in [5.41, 5.74) is 0. The van der Waals surface area contributed by atoms with Gasteiger partial charge in [-0.15, -0.1) is 0 Å². The van der Waals surface area contributed by atoms with Gasteiger partial charge in [0.25, 0.3) is 0 Å². The molecule has 0 aliphatic heterocycles. The molecule has 0 aromatic carbocycles. The van der Waals surface area contributed by atoms with Crippen LogP contribution in [0.3, 0.4) is 0 Å². The molecule has 0 amide bonds. The zero-order valence-corrected chi connectivity index (χ0v) is 6.42. The Labute approximate surface area is 69.3 Å². The van der Waals surface area contributed by atoms with Crippen molar-refractivity contribution >= 4 is 5.97 Å². The van der Waals surface area contributed by atoms with E-state index in [1.165, 1.54) is 0 Å². The van der Waals surface area contributed by atoms with Crippen LogP contribution in [0.2, 0.25) is 0 Å². The van der Waals surface area contributed by atoms with Gasteiger partial charge in [0, 0.05) is 0 Å². The molecule has 0 radical (unpaired) electrons. The van der Waals surface area contributed by atoms with Crippen LogP contribution in [0.15, 0.2) is 0 Å². The molecule has 70 valence electrons. The van der Waals surface area contributed by atoms with Crippen LogP contribution in [0.1, 0.15) is 12.8 Å². The van der Waals surface area contributed by atoms with Crippen molar-refractivity contribution in [3.63, 3.8) is 0 Å². The van der Waals surface area contributed by atoms with Gasteiger partial charge in [-0.3, -0.25) is 4.79 Å². The fraction of sp³-hybridized carbons (Fsp3) is 0.857. The van der Waals surface area contributed by atoms with Gasteiger partial charge in [0.15, 0.2) is 0 Å². The Morgan fingerprint density at radius 3 is 2.00 bits per heavy atom. The first kappa shape index (κ1) is 9.44. The third-order valence-corrected chi connectivity index (χ3v) is 2.22. The zero-order valence-electron chi connectivity index (χ0n) is 6.42. The Kier molecular flexibility index (Phi) is 2.66. The van der Waals surface area contributed by atoms with Crippen molar-refractivity contribution in [2.45, 2.75) is 31.2 Å². The van der Waals surface area contributed by atoms with Crippen LogP contribution < -0.4 is 0 Å². The highest BCUT2D eigenvalue weighted by Gasteiger charge is 2.41. The van der Waals surface area contributed by atoms with Gasteiger partial charge in [0.05, 0.1) is 18.3 Å². The van der Waals surface area contributed by atoms with Crippen LogP contribution in [0.4, 0.5) is 0 Å². The van der Waals surface area contributed by atoms with E-state index in [1.807, 2.05) is 0 Å². The van der Waals surface area contributed by atoms with Crippen molar-refractivity contribution in [1.82, 2.24) is 0 Å². The number of rotatable bonds is 1. The summed E-state index contributed by atoms with van der Waals surface area (Å²) in [6.07, 6.45) is -2.98. The molecule has 0 heterocycles. The number of carboxylic acid groups (broad SMARTS) is 1. The molecule has 0 aromatic rings. The summed E-state index contributed by atoms with van der Waals surface area (Å²) in [6, 6.07) is 0. The van der Waals surface area contributed by atoms with Gasteiger partial charge in [0.2, 0.25) is 0 Å². The normalized spacial score (nSPS) is 42.6. The molecule has 4 N–H and O–H groups in total. The number of aliphatic hydroxyl groups excluding tert-OH is 3. The number of carbonyl (C=O) groups is 1. The van der Waals surface area contributed by atoms with Crippen molar-refractivity contribution in [1.29, 1.82) is 0 Å². The first-order chi connectivity index (χ1) is 5.54. The second-order valence-corrected chi connectivity index (χ2v) is 3.07. The van der Waals surface area contributed by atoms with E-state index >= 15 is 0 Å². The highest BCUT2D eigenvalue weighted by Crippen LogP contribution is 2.25. The molecule has 0 bridgehead atoms. The molecule has 1 aliphatic rings. The largest absolute Gasteiger partial charge is 0.481 e. The minimum Gasteiger partial charge on any atom is -0.481 e. The average Bonchev–Trinajstić information content (AvgIpc) is 1.97. The maximum atomic E-state index is 10.5. The molecule has 5 nitrogen and oxygen atoms in total. The van der Waals surface area contributed by atoms with Crippen molar-refractivity contribution < 1.29 is 25.2 Å². The number of carboxylic acids is 1. The highest BCUT2D eigenvalue weighted by atomic mass is 16.4. The molecule has 0 saturated heterocycles. The molecule has 1 saturated carbocycles. The van der Waals surface area contributed by atoms with Crippen molar-refractivity contribution in [3.05, 3.63) is 0 Å². The molecule has 5 heteroatoms. The minimum atomic E-state index is -1.36. The molecule has 1 rings (SSSR count). The molecule has 0 aromatic heterocycles. The van der Waals surface area contributed by atoms with Gasteiger partial charge in [-0.05, 0) is 12.8 Å². The molecule has 0 spiro atoms. The monoisotopic (exact) mass is 176 g/mol. The summed E-state index contributed by atoms with van der Waals surface area (Å²) in [5, 5.41) is 36.0. The van der Waals surface area contributed by atoms with Crippen LogP contribution in [0.25, 0.3) is 0 Å². The third kappa shape index (κ3) is 1.57. The van der Waals surface area contributed by atoms with Gasteiger partial charge >= 0.3 is 5.97 Å². The fourth-order valence-electron chi connectivity index (χ4n) is 1.47. The number of aliphatic hydroxyl groups is 3. The maximum absolute atomic E-state index is 10.5. The second kappa shape index (κ2) is 3.38. The van der Waals surface area contributed by atoms with E-state index in [4.69, 9.17) is 10.2 Å². The Balaban J connectivity index is 2.71. The van der Waals surface area contributed by atoms with E-state index in [-0.39, 0.29) is 12.8 Å². The highest BCUT2D eigenvalue weighted by molar-refractivity contribution is 5.71. The predicted molar refractivity (Wildman–Crippen MR) is 38.4 cm³/mol. The Bertz CT molecular complexity index is 181. The van der Waals surface area contributed by atoms with E-state index in [0.717, 1.165) is 0 Å². The minimum absolute atomic E-state index is 0.217. The smallest absolute Gasteiger partial charge is 0.311 e. The standard InChI is InChI=1S/C7H12O5/c8-3-1-2-4(9)6(10)5(3)7(11)12/h3-6,8-10H,1-2H2,(H,11,12). The lowest BCUT2D eigenvalue weighted by molar-refractivity contribution is -0.163. The van der Waals surface area contributed by atoms with Gasteiger partial charge < -0.3 is 20.4 Å². The van der Waals surface area contributed by atoms with Crippen LogP contribution in [-0.2, 0) is 4.79 Å². The Morgan fingerprint density at radius 1 is 1.08 bits per heavy atom. The fourth-order valence-corrected chi connectivity index (χ4v) is 1.47. The lowest BCUT2D eigenvalue weighted by atomic mass is 9.82. The molecule has 12 heavy (non-hydrogen) atoms. The Morgan fingerprint density at radius 2 is 1.58 bits per heavy atom. The van der Waals surface area contributed by atoms with E-state index < -0.39 is 30.2 Å². The van der Waals surface area contributed by atoms with Crippen molar-refractivity contribution in [2.24, 2.45) is 5.92 Å². The topological polar surface area (TPSA) is 98.0 Å². The number of aliphatic carboxylic acids is 1. The second-order valence-electron chi connectivity index (χ2n) is 3.07. The summed E-state index contributed by atoms with van der Waals surface area (Å²) in [7, 11) is 0. The summed E-state index contributed by atoms with van der Waals surface area (Å²) in [6.45, 7) is 0. The maximum Gasteiger partial charge on any atom is 0.311 e. The number of hydrogen-bond donors (Lipinski definition) is 4. The zero-order chi connectivity index (χ0) is 9.30. The first-order valence-corrected chi connectivity index (χ1v) is 3.81. The lowest BCUT2D eigenvalue weighted by Gasteiger charge is -2.32. The summed E-state index contributed by atoms with van der Waals surface area (Å²) in [5.74, 6) is -2.53. The summed E-state index contributed by atoms with van der Waals surface area (Å²) in [4.78, 5) is 10.5. The van der Waals surface area contributed by atoms with Crippen molar-refractivity contribution in [2.75, 3.05) is 0 Å². The van der Waals surface area contributed by atoms with Gasteiger partial charge in [-0.2, -0.15) is 0 Å². The molecule has 4 unspecified atom stereocenters. The Hall–Kier alpha value is -0.650. The molecular weight excluding hydrogens is 164 g/mol. The van der Waals surface area contributed by atoms with Crippen LogP contribution >= 0.6 is 0 Å². The van der Waals surface area contributed by atoms with E-state index in [9.17, 15) is 15.0 Å². The summed E-state index contributed by atoms with van der Waals surface area (Å²) >= 11 is 0. The van der Waals surface area contributed by atoms with E-state index in [2.05, 4.69) is 0 Å². The SMILES string of the molecule is O=C(O)C1C(O)CCC(O)C1O. The van der Waals surface area contributed by atoms with Gasteiger partial charge in [-0.1, -0.05) is 0 Å². The third-order valence-electron chi connectivity index (χ3n) is 2.22. The van der Waals surface area contributed by atoms with Gasteiger partial charge in [-0.25, -0.2) is 0 Å². The van der Waals surface area contributed by atoms with Crippen molar-refractivity contribution in [3.8, 4) is 0 Å². The van der Waals surface area contributed by atoms with Crippen LogP contribution in [0.5, 0.6) is 0 Å². The van der Waals surface area contributed by atoms with E-state index in [0.29, 0.717) is 0 Å². The molecule has 1 fully saturated rings. The lowest BCUT2D eigenvalue weighted by Crippen LogP contribution is -2.48. The van der Waals surface area contributed by atoms with Gasteiger partial charge in [0.1, 0.15) is 5.92 Å². The average molecular weight is 176 g/mol.